The predicted octanol–water partition coefficient (Wildman–Crippen LogP) is 7.33. The number of aliphatic hydroxyl groups excluding tert-OH is 1. The number of Topliss-reactive ketones (excluding diaryl/α,β-unsaturated/α-hetero) is 3. The van der Waals surface area contributed by atoms with Crippen LogP contribution in [0.25, 0.3) is 0 Å². The molecule has 15 atom stereocenters. The molecule has 5 rings (SSSR count). The maximum atomic E-state index is 14.7. The number of rotatable bonds is 16. The van der Waals surface area contributed by atoms with E-state index in [4.69, 9.17) is 33.2 Å². The minimum atomic E-state index is -2.47. The highest BCUT2D eigenvalue weighted by Crippen LogP contribution is 2.38. The number of hydrogen-bond acceptors (Lipinski definition) is 18. The van der Waals surface area contributed by atoms with E-state index in [0.717, 1.165) is 11.1 Å². The molecule has 1 aromatic heterocycles. The van der Waals surface area contributed by atoms with Crippen LogP contribution in [0.1, 0.15) is 156 Å². The second kappa shape index (κ2) is 34.1. The number of cyclic esters (lactones) is 1. The molecular formula is C64H96N4O16. The summed E-state index contributed by atoms with van der Waals surface area (Å²) in [4.78, 5) is 106. The molecule has 2 saturated heterocycles. The molecule has 468 valence electrons. The summed E-state index contributed by atoms with van der Waals surface area (Å²) in [5, 5.41) is 26.5. The summed E-state index contributed by atoms with van der Waals surface area (Å²) in [7, 11) is 4.50. The van der Waals surface area contributed by atoms with Crippen molar-refractivity contribution >= 4 is 41.1 Å². The van der Waals surface area contributed by atoms with E-state index >= 15 is 0 Å². The van der Waals surface area contributed by atoms with Crippen molar-refractivity contribution in [3.05, 3.63) is 71.4 Å². The number of esters is 2. The molecule has 84 heavy (non-hydrogen) atoms. The number of ether oxygens (including phenoxy) is 7. The smallest absolute Gasteiger partial charge is 0.329 e. The van der Waals surface area contributed by atoms with Crippen LogP contribution in [0, 0.1) is 42.4 Å². The van der Waals surface area contributed by atoms with Crippen LogP contribution in [0.4, 0.5) is 0 Å². The molecule has 20 nitrogen and oxygen atoms in total. The second-order valence-electron chi connectivity index (χ2n) is 23.9. The number of ketones is 3. The maximum absolute atomic E-state index is 14.7. The molecule has 2 bridgehead atoms. The number of nitrogens with zero attached hydrogens (tertiary/aromatic N) is 3. The van der Waals surface area contributed by atoms with Crippen LogP contribution in [0.2, 0.25) is 0 Å². The number of aliphatic hydroxyl groups is 2. The van der Waals surface area contributed by atoms with Crippen molar-refractivity contribution in [2.24, 2.45) is 35.5 Å². The molecule has 3 N–H and O–H groups in total. The van der Waals surface area contributed by atoms with E-state index < -0.39 is 102 Å². The van der Waals surface area contributed by atoms with Crippen molar-refractivity contribution in [1.29, 1.82) is 0 Å². The van der Waals surface area contributed by atoms with E-state index in [0.29, 0.717) is 88.6 Å². The molecule has 4 heterocycles. The Morgan fingerprint density at radius 2 is 1.58 bits per heavy atom. The summed E-state index contributed by atoms with van der Waals surface area (Å²) in [6.07, 6.45) is 14.3. The van der Waals surface area contributed by atoms with E-state index in [1.165, 1.54) is 12.0 Å². The zero-order valence-electron chi connectivity index (χ0n) is 51.6. The van der Waals surface area contributed by atoms with Crippen molar-refractivity contribution < 1.29 is 76.9 Å². The lowest BCUT2D eigenvalue weighted by atomic mass is 9.78. The van der Waals surface area contributed by atoms with Gasteiger partial charge in [-0.05, 0) is 120 Å². The van der Waals surface area contributed by atoms with Gasteiger partial charge in [-0.2, -0.15) is 0 Å². The molecule has 0 spiro atoms. The number of aryl methyl sites for hydroxylation is 1. The molecule has 0 radical (unpaired) electrons. The third-order valence-electron chi connectivity index (χ3n) is 17.2. The van der Waals surface area contributed by atoms with Gasteiger partial charge >= 0.3 is 11.9 Å². The molecule has 3 fully saturated rings. The van der Waals surface area contributed by atoms with Crippen LogP contribution in [-0.2, 0) is 73.3 Å². The largest absolute Gasteiger partial charge is 0.460 e. The summed E-state index contributed by atoms with van der Waals surface area (Å²) < 4.78 is 41.5. The molecule has 0 unspecified atom stereocenters. The number of allylic oxidation sites excluding steroid dienone is 6. The van der Waals surface area contributed by atoms with Crippen molar-refractivity contribution in [2.45, 2.75) is 213 Å². The van der Waals surface area contributed by atoms with Crippen molar-refractivity contribution in [1.82, 2.24) is 20.2 Å². The van der Waals surface area contributed by atoms with Gasteiger partial charge < -0.3 is 53.6 Å². The average molecular weight is 1180 g/mol. The quantitative estimate of drug-likeness (QED) is 0.0633. The fourth-order valence-electron chi connectivity index (χ4n) is 11.8. The summed E-state index contributed by atoms with van der Waals surface area (Å²) >= 11 is 0. The van der Waals surface area contributed by atoms with E-state index in [1.54, 1.807) is 67.3 Å². The first-order valence-electron chi connectivity index (χ1n) is 30.3. The molecule has 1 aliphatic carbocycles. The van der Waals surface area contributed by atoms with Gasteiger partial charge in [-0.25, -0.2) is 14.8 Å². The zero-order valence-corrected chi connectivity index (χ0v) is 51.6. The third-order valence-corrected chi connectivity index (χ3v) is 17.2. The SMILES string of the molecule is CO[C@H]1C[C@@H]2CC[C@@H](C)[C@@](O)(O2)C(=O)C(=O)N2CCCC[C@H]2C(=O)O[C@H]([C@H](C)C[C@@H]2CC[C@@H](OC(=O)CCCOCCC(=O)NCc3cnc(C)nc3)[C@H](OC)C2)CC(=O)[C@H](C)/C=C(\C)[C@@H](O)[C@@H](OC)C(=O)[C@H](C)C[C@H](C)/C=C/C=C/C=C/1C. The van der Waals surface area contributed by atoms with Crippen molar-refractivity contribution in [3.63, 3.8) is 0 Å². The lowest BCUT2D eigenvalue weighted by molar-refractivity contribution is -0.265. The zero-order chi connectivity index (χ0) is 61.7. The van der Waals surface area contributed by atoms with Gasteiger partial charge in [-0.1, -0.05) is 71.1 Å². The molecule has 1 aromatic rings. The number of carbonyl (C=O) groups is 7. The molecule has 1 saturated carbocycles. The Morgan fingerprint density at radius 1 is 0.845 bits per heavy atom. The number of nitrogens with one attached hydrogen (secondary N) is 1. The first-order valence-corrected chi connectivity index (χ1v) is 30.3. The Labute approximate surface area is 497 Å². The van der Waals surface area contributed by atoms with E-state index in [2.05, 4.69) is 15.3 Å². The van der Waals surface area contributed by atoms with Crippen LogP contribution in [0.15, 0.2) is 60.0 Å². The Balaban J connectivity index is 1.31. The minimum Gasteiger partial charge on any atom is -0.460 e. The average Bonchev–Trinajstić information content (AvgIpc) is 2.31. The van der Waals surface area contributed by atoms with Crippen molar-refractivity contribution in [3.8, 4) is 0 Å². The number of hydrogen-bond donors (Lipinski definition) is 3. The van der Waals surface area contributed by atoms with Crippen LogP contribution < -0.4 is 5.32 Å². The normalized spacial score (nSPS) is 33.8. The Kier molecular flexibility index (Phi) is 28.2. The van der Waals surface area contributed by atoms with Crippen molar-refractivity contribution in [2.75, 3.05) is 41.1 Å². The van der Waals surface area contributed by atoms with Crippen LogP contribution in [0.5, 0.6) is 0 Å². The summed E-state index contributed by atoms with van der Waals surface area (Å²) in [6, 6.07) is -1.20. The third kappa shape index (κ3) is 20.4. The Hall–Kier alpha value is -5.35. The van der Waals surface area contributed by atoms with Gasteiger partial charge in [0.1, 0.15) is 42.1 Å². The number of fused-ring (bicyclic) bond motifs is 3. The molecule has 2 amide bonds. The van der Waals surface area contributed by atoms with E-state index in [1.807, 2.05) is 51.2 Å². The first kappa shape index (κ1) is 69.4. The van der Waals surface area contributed by atoms with Crippen LogP contribution in [0.3, 0.4) is 0 Å². The van der Waals surface area contributed by atoms with Gasteiger partial charge in [0.15, 0.2) is 5.78 Å². The van der Waals surface area contributed by atoms with E-state index in [9.17, 15) is 43.8 Å². The maximum Gasteiger partial charge on any atom is 0.329 e. The van der Waals surface area contributed by atoms with E-state index in [-0.39, 0.29) is 74.8 Å². The number of carbonyl (C=O) groups excluding carboxylic acids is 7. The first-order chi connectivity index (χ1) is 40.0. The predicted molar refractivity (Wildman–Crippen MR) is 312 cm³/mol. The molecular weight excluding hydrogens is 1080 g/mol. The molecule has 4 aliphatic rings. The number of amides is 2. The number of aromatic nitrogens is 2. The van der Waals surface area contributed by atoms with Gasteiger partial charge in [0.25, 0.3) is 11.7 Å². The summed E-state index contributed by atoms with van der Waals surface area (Å²) in [5.41, 5.74) is 2.01. The van der Waals surface area contributed by atoms with Gasteiger partial charge in [-0.3, -0.25) is 28.8 Å². The molecule has 3 aliphatic heterocycles. The Bertz CT molecular complexity index is 2480. The highest BCUT2D eigenvalue weighted by atomic mass is 16.6. The second-order valence-corrected chi connectivity index (χ2v) is 23.9. The molecule has 0 aromatic carbocycles. The Morgan fingerprint density at radius 3 is 2.29 bits per heavy atom. The highest BCUT2D eigenvalue weighted by molar-refractivity contribution is 6.39. The minimum absolute atomic E-state index is 0.00198. The van der Waals surface area contributed by atoms with Gasteiger partial charge in [0, 0.05) is 102 Å². The van der Waals surface area contributed by atoms with Crippen LogP contribution in [-0.4, -0.2) is 162 Å². The fourth-order valence-corrected chi connectivity index (χ4v) is 11.8. The standard InChI is InChI=1S/C64H96N4O16/c1-39-18-13-12-14-19-40(2)53(78-9)34-49-24-22-45(7)64(77,84-49)61(74)62(75)68-27-16-15-20-50(68)63(76)83-54(35-51(69)41(3)31-44(6)59(73)60(80-11)58(72)43(5)30-39)42(4)32-47-23-25-52(55(33-47)79-10)82-57(71)21-17-28-81-29-26-56(70)67-38-48-36-65-46(8)66-37-48/h12-14,18-19,31,36-37,39,41-43,45,47,49-50,52-55,59-60,73,77H,15-17,20-30,32-35,38H2,1-11H3,(H,67,70)/b14-12+,18-13+,40-19+,44-31+/t39-,41-,42-,43-,45-,47+,49+,50+,52-,53+,54+,55-,59-,60+,64-/m1/s1. The van der Waals surface area contributed by atoms with Gasteiger partial charge in [-0.15, -0.1) is 0 Å². The lowest BCUT2D eigenvalue weighted by Crippen LogP contribution is -2.61. The monoisotopic (exact) mass is 1180 g/mol. The summed E-state index contributed by atoms with van der Waals surface area (Å²) in [5.74, 6) is -8.44. The topological polar surface area (TPSA) is 266 Å². The van der Waals surface area contributed by atoms with Crippen LogP contribution >= 0.6 is 0 Å². The summed E-state index contributed by atoms with van der Waals surface area (Å²) in [6.45, 7) is 15.2. The van der Waals surface area contributed by atoms with Gasteiger partial charge in [0.05, 0.1) is 24.9 Å². The molecule has 20 heteroatoms. The number of piperidine rings is 1. The number of methoxy groups -OCH3 is 3. The highest BCUT2D eigenvalue weighted by Gasteiger charge is 2.53. The lowest BCUT2D eigenvalue weighted by Gasteiger charge is -2.42. The fraction of sp³-hybridized carbons (Fsp3) is 0.703. The van der Waals surface area contributed by atoms with Gasteiger partial charge in [0.2, 0.25) is 11.7 Å².